The molecule has 1 aliphatic rings. The molecule has 0 spiro atoms. The third-order valence-corrected chi connectivity index (χ3v) is 4.79. The zero-order valence-electron chi connectivity index (χ0n) is 15.3. The molecule has 2 amide bonds. The minimum absolute atomic E-state index is 0.0267. The van der Waals surface area contributed by atoms with E-state index in [1.807, 2.05) is 78.9 Å². The first-order chi connectivity index (χ1) is 13.7. The number of carbonyl (C=O) groups excluding carboxylic acids is 2. The molecule has 0 radical (unpaired) electrons. The summed E-state index contributed by atoms with van der Waals surface area (Å²) in [6.45, 7) is 0.148. The van der Waals surface area contributed by atoms with Crippen LogP contribution in [0.1, 0.15) is 17.2 Å². The van der Waals surface area contributed by atoms with Crippen molar-refractivity contribution >= 4 is 23.2 Å². The molecule has 0 saturated carbocycles. The summed E-state index contributed by atoms with van der Waals surface area (Å²) in [7, 11) is 0. The predicted molar refractivity (Wildman–Crippen MR) is 110 cm³/mol. The fraction of sp³-hybridized carbons (Fsp3) is 0.130. The molecule has 1 heterocycles. The van der Waals surface area contributed by atoms with Crippen molar-refractivity contribution in [2.75, 3.05) is 23.3 Å². The van der Waals surface area contributed by atoms with Gasteiger partial charge in [-0.05, 0) is 23.3 Å². The van der Waals surface area contributed by atoms with Crippen molar-refractivity contribution in [2.24, 2.45) is 0 Å². The standard InChI is InChI=1S/C23H21N3O2/c27-21-16-26(20-14-8-7-13-19(20)25-21)22(28)15-24-23(17-9-3-1-4-10-17)18-11-5-2-6-12-18/h1-14,23-24H,15-16H2,(H,25,27). The lowest BCUT2D eigenvalue weighted by atomic mass is 9.99. The highest BCUT2D eigenvalue weighted by atomic mass is 16.2. The van der Waals surface area contributed by atoms with Crippen LogP contribution in [0, 0.1) is 0 Å². The highest BCUT2D eigenvalue weighted by Gasteiger charge is 2.27. The summed E-state index contributed by atoms with van der Waals surface area (Å²) in [6.07, 6.45) is 0. The number of hydrogen-bond acceptors (Lipinski definition) is 3. The van der Waals surface area contributed by atoms with E-state index < -0.39 is 0 Å². The van der Waals surface area contributed by atoms with Crippen LogP contribution in [0.4, 0.5) is 11.4 Å². The number of anilines is 2. The van der Waals surface area contributed by atoms with Crippen molar-refractivity contribution in [3.05, 3.63) is 96.1 Å². The number of nitrogens with zero attached hydrogens (tertiary/aromatic N) is 1. The van der Waals surface area contributed by atoms with Gasteiger partial charge in [0.25, 0.3) is 0 Å². The van der Waals surface area contributed by atoms with E-state index in [1.165, 1.54) is 4.90 Å². The number of rotatable bonds is 5. The Hall–Kier alpha value is -3.44. The normalized spacial score (nSPS) is 13.2. The summed E-state index contributed by atoms with van der Waals surface area (Å²) in [5.74, 6) is -0.325. The average molecular weight is 371 g/mol. The van der Waals surface area contributed by atoms with Crippen LogP contribution < -0.4 is 15.5 Å². The van der Waals surface area contributed by atoms with Gasteiger partial charge in [-0.2, -0.15) is 0 Å². The van der Waals surface area contributed by atoms with Crippen molar-refractivity contribution in [2.45, 2.75) is 6.04 Å². The lowest BCUT2D eigenvalue weighted by Gasteiger charge is -2.30. The van der Waals surface area contributed by atoms with Crippen LogP contribution in [0.15, 0.2) is 84.9 Å². The fourth-order valence-electron chi connectivity index (χ4n) is 3.46. The zero-order chi connectivity index (χ0) is 19.3. The van der Waals surface area contributed by atoms with Crippen LogP contribution in [0.3, 0.4) is 0 Å². The summed E-state index contributed by atoms with van der Waals surface area (Å²) >= 11 is 0. The van der Waals surface area contributed by atoms with Gasteiger partial charge in [0, 0.05) is 0 Å². The molecule has 1 aliphatic heterocycles. The Labute approximate surface area is 164 Å². The SMILES string of the molecule is O=C1CN(C(=O)CNC(c2ccccc2)c2ccccc2)c2ccccc2N1. The molecule has 5 nitrogen and oxygen atoms in total. The van der Waals surface area contributed by atoms with Crippen LogP contribution in [0.25, 0.3) is 0 Å². The monoisotopic (exact) mass is 371 g/mol. The molecule has 140 valence electrons. The molecule has 3 aromatic rings. The van der Waals surface area contributed by atoms with Gasteiger partial charge in [-0.15, -0.1) is 0 Å². The maximum atomic E-state index is 13.0. The molecule has 3 aromatic carbocycles. The van der Waals surface area contributed by atoms with Crippen molar-refractivity contribution < 1.29 is 9.59 Å². The third-order valence-electron chi connectivity index (χ3n) is 4.79. The van der Waals surface area contributed by atoms with E-state index in [4.69, 9.17) is 0 Å². The molecule has 0 bridgehead atoms. The van der Waals surface area contributed by atoms with Gasteiger partial charge < -0.3 is 5.32 Å². The summed E-state index contributed by atoms with van der Waals surface area (Å²) in [4.78, 5) is 26.5. The lowest BCUT2D eigenvalue weighted by molar-refractivity contribution is -0.121. The van der Waals surface area contributed by atoms with E-state index in [1.54, 1.807) is 6.07 Å². The van der Waals surface area contributed by atoms with Gasteiger partial charge in [-0.3, -0.25) is 19.8 Å². The smallest absolute Gasteiger partial charge is 0.244 e. The minimum Gasteiger partial charge on any atom is -0.323 e. The fourth-order valence-corrected chi connectivity index (χ4v) is 3.46. The van der Waals surface area contributed by atoms with Crippen LogP contribution >= 0.6 is 0 Å². The number of benzene rings is 3. The summed E-state index contributed by atoms with van der Waals surface area (Å²) in [6, 6.07) is 27.3. The van der Waals surface area contributed by atoms with Gasteiger partial charge in [0.15, 0.2) is 0 Å². The number of para-hydroxylation sites is 2. The second kappa shape index (κ2) is 8.06. The largest absolute Gasteiger partial charge is 0.323 e. The van der Waals surface area contributed by atoms with E-state index in [0.717, 1.165) is 16.8 Å². The Bertz CT molecular complexity index is 934. The van der Waals surface area contributed by atoms with Gasteiger partial charge in [-0.25, -0.2) is 0 Å². The van der Waals surface area contributed by atoms with Crippen LogP contribution in [-0.4, -0.2) is 24.9 Å². The highest BCUT2D eigenvalue weighted by molar-refractivity contribution is 6.10. The second-order valence-corrected chi connectivity index (χ2v) is 6.68. The first kappa shape index (κ1) is 17.9. The maximum Gasteiger partial charge on any atom is 0.244 e. The van der Waals surface area contributed by atoms with Crippen LogP contribution in [-0.2, 0) is 9.59 Å². The lowest BCUT2D eigenvalue weighted by Crippen LogP contribution is -2.46. The van der Waals surface area contributed by atoms with Crippen LogP contribution in [0.5, 0.6) is 0 Å². The molecule has 0 unspecified atom stereocenters. The van der Waals surface area contributed by atoms with Crippen molar-refractivity contribution in [3.63, 3.8) is 0 Å². The highest BCUT2D eigenvalue weighted by Crippen LogP contribution is 2.29. The average Bonchev–Trinajstić information content (AvgIpc) is 2.74. The number of hydrogen-bond donors (Lipinski definition) is 2. The Morgan fingerprint density at radius 1 is 0.893 bits per heavy atom. The van der Waals surface area contributed by atoms with Gasteiger partial charge in [0.1, 0.15) is 6.54 Å². The van der Waals surface area contributed by atoms with E-state index in [2.05, 4.69) is 10.6 Å². The molecule has 28 heavy (non-hydrogen) atoms. The van der Waals surface area contributed by atoms with Gasteiger partial charge >= 0.3 is 0 Å². The van der Waals surface area contributed by atoms with Gasteiger partial charge in [0.2, 0.25) is 11.8 Å². The van der Waals surface area contributed by atoms with E-state index in [-0.39, 0.29) is 30.9 Å². The molecule has 5 heteroatoms. The van der Waals surface area contributed by atoms with Gasteiger partial charge in [-0.1, -0.05) is 72.8 Å². The summed E-state index contributed by atoms with van der Waals surface area (Å²) in [5.41, 5.74) is 3.55. The number of amides is 2. The van der Waals surface area contributed by atoms with Crippen LogP contribution in [0.2, 0.25) is 0 Å². The number of fused-ring (bicyclic) bond motifs is 1. The summed E-state index contributed by atoms with van der Waals surface area (Å²) in [5, 5.41) is 6.18. The third kappa shape index (κ3) is 3.80. The quantitative estimate of drug-likeness (QED) is 0.723. The molecule has 2 N–H and O–H groups in total. The first-order valence-electron chi connectivity index (χ1n) is 9.25. The summed E-state index contributed by atoms with van der Waals surface area (Å²) < 4.78 is 0. The number of nitrogens with one attached hydrogen (secondary N) is 2. The Balaban J connectivity index is 1.55. The molecule has 0 aromatic heterocycles. The van der Waals surface area contributed by atoms with E-state index >= 15 is 0 Å². The molecular weight excluding hydrogens is 350 g/mol. The van der Waals surface area contributed by atoms with E-state index in [0.29, 0.717) is 5.69 Å². The van der Waals surface area contributed by atoms with E-state index in [9.17, 15) is 9.59 Å². The molecular formula is C23H21N3O2. The van der Waals surface area contributed by atoms with Crippen molar-refractivity contribution in [1.82, 2.24) is 5.32 Å². The Kier molecular flexibility index (Phi) is 5.17. The first-order valence-corrected chi connectivity index (χ1v) is 9.25. The second-order valence-electron chi connectivity index (χ2n) is 6.68. The predicted octanol–water partition coefficient (Wildman–Crippen LogP) is 3.35. The topological polar surface area (TPSA) is 61.4 Å². The Morgan fingerprint density at radius 3 is 2.11 bits per heavy atom. The molecule has 4 rings (SSSR count). The molecule has 0 aliphatic carbocycles. The molecule has 0 fully saturated rings. The number of carbonyl (C=O) groups is 2. The molecule has 0 atom stereocenters. The Morgan fingerprint density at radius 2 is 1.46 bits per heavy atom. The van der Waals surface area contributed by atoms with Crippen molar-refractivity contribution in [1.29, 1.82) is 0 Å². The minimum atomic E-state index is -0.185. The maximum absolute atomic E-state index is 13.0. The van der Waals surface area contributed by atoms with Gasteiger partial charge in [0.05, 0.1) is 24.0 Å². The zero-order valence-corrected chi connectivity index (χ0v) is 15.3. The molecule has 0 saturated heterocycles. The van der Waals surface area contributed by atoms with Crippen molar-refractivity contribution in [3.8, 4) is 0 Å².